The van der Waals surface area contributed by atoms with Gasteiger partial charge in [-0.05, 0) is 55.3 Å². The second kappa shape index (κ2) is 9.50. The third-order valence-electron chi connectivity index (χ3n) is 4.31. The zero-order valence-corrected chi connectivity index (χ0v) is 16.4. The molecule has 0 aliphatic carbocycles. The molecule has 6 nitrogen and oxygen atoms in total. The van der Waals surface area contributed by atoms with Crippen molar-refractivity contribution in [2.75, 3.05) is 17.2 Å². The number of hydrogen-bond acceptors (Lipinski definition) is 4. The molecule has 0 spiro atoms. The Morgan fingerprint density at radius 1 is 0.931 bits per heavy atom. The Kier molecular flexibility index (Phi) is 6.58. The Balaban J connectivity index is 1.73. The lowest BCUT2D eigenvalue weighted by molar-refractivity contribution is 0.102. The van der Waals surface area contributed by atoms with Gasteiger partial charge in [-0.1, -0.05) is 31.2 Å². The molecule has 0 aliphatic rings. The highest BCUT2D eigenvalue weighted by molar-refractivity contribution is 6.08. The van der Waals surface area contributed by atoms with Crippen LogP contribution in [0.15, 0.2) is 66.9 Å². The second-order valence-corrected chi connectivity index (χ2v) is 6.32. The van der Waals surface area contributed by atoms with Gasteiger partial charge in [0.25, 0.3) is 11.8 Å². The molecule has 148 valence electrons. The molecule has 0 saturated carbocycles. The number of aromatic nitrogens is 1. The molecule has 1 aromatic heterocycles. The van der Waals surface area contributed by atoms with E-state index in [0.29, 0.717) is 29.3 Å². The summed E-state index contributed by atoms with van der Waals surface area (Å²) in [5.74, 6) is -0.146. The summed E-state index contributed by atoms with van der Waals surface area (Å²) < 4.78 is 5.52. The van der Waals surface area contributed by atoms with Crippen LogP contribution in [-0.4, -0.2) is 23.4 Å². The number of nitrogens with one attached hydrogen (secondary N) is 2. The van der Waals surface area contributed by atoms with Gasteiger partial charge in [0.1, 0.15) is 11.4 Å². The number of ether oxygens (including phenoxy) is 1. The van der Waals surface area contributed by atoms with E-state index in [1.54, 1.807) is 24.3 Å². The highest BCUT2D eigenvalue weighted by Gasteiger charge is 2.14. The van der Waals surface area contributed by atoms with Gasteiger partial charge in [0.15, 0.2) is 0 Å². The first-order valence-corrected chi connectivity index (χ1v) is 9.50. The number of para-hydroxylation sites is 2. The zero-order chi connectivity index (χ0) is 20.6. The van der Waals surface area contributed by atoms with Crippen LogP contribution in [0, 0.1) is 0 Å². The van der Waals surface area contributed by atoms with Gasteiger partial charge in [0.2, 0.25) is 0 Å². The molecule has 6 heteroatoms. The highest BCUT2D eigenvalue weighted by atomic mass is 16.5. The maximum atomic E-state index is 12.6. The molecule has 29 heavy (non-hydrogen) atoms. The van der Waals surface area contributed by atoms with E-state index in [2.05, 4.69) is 22.5 Å². The number of aryl methyl sites for hydroxylation is 1. The summed E-state index contributed by atoms with van der Waals surface area (Å²) in [5.41, 5.74) is 2.93. The maximum Gasteiger partial charge on any atom is 0.274 e. The number of amides is 2. The normalized spacial score (nSPS) is 10.3. The standard InChI is InChI=1S/C23H23N3O3/c1-3-16-9-11-18(12-10-16)25-22(27)17-13-14-24-20(15-17)23(28)26-19-7-5-6-8-21(19)29-4-2/h5-15H,3-4H2,1-2H3,(H,25,27)(H,26,28). The smallest absolute Gasteiger partial charge is 0.274 e. The summed E-state index contributed by atoms with van der Waals surface area (Å²) in [5, 5.41) is 5.61. The molecule has 0 unspecified atom stereocenters. The van der Waals surface area contributed by atoms with E-state index in [1.165, 1.54) is 17.8 Å². The fourth-order valence-corrected chi connectivity index (χ4v) is 2.76. The van der Waals surface area contributed by atoms with Crippen molar-refractivity contribution in [3.05, 3.63) is 83.7 Å². The molecule has 1 heterocycles. The maximum absolute atomic E-state index is 12.6. The number of carbonyl (C=O) groups is 2. The SMILES string of the molecule is CCOc1ccccc1NC(=O)c1cc(C(=O)Nc2ccc(CC)cc2)ccn1. The fraction of sp³-hybridized carbons (Fsp3) is 0.174. The van der Waals surface area contributed by atoms with Crippen molar-refractivity contribution < 1.29 is 14.3 Å². The van der Waals surface area contributed by atoms with Crippen LogP contribution in [0.25, 0.3) is 0 Å². The molecule has 0 atom stereocenters. The number of hydrogen-bond donors (Lipinski definition) is 2. The molecule has 2 N–H and O–H groups in total. The van der Waals surface area contributed by atoms with E-state index in [9.17, 15) is 9.59 Å². The number of rotatable bonds is 7. The largest absolute Gasteiger partial charge is 0.492 e. The van der Waals surface area contributed by atoms with Gasteiger partial charge >= 0.3 is 0 Å². The average Bonchev–Trinajstić information content (AvgIpc) is 2.76. The van der Waals surface area contributed by atoms with Gasteiger partial charge < -0.3 is 15.4 Å². The minimum atomic E-state index is -0.417. The predicted molar refractivity (Wildman–Crippen MR) is 114 cm³/mol. The summed E-state index contributed by atoms with van der Waals surface area (Å²) in [7, 11) is 0. The summed E-state index contributed by atoms with van der Waals surface area (Å²) in [6, 6.07) is 17.9. The molecular weight excluding hydrogens is 366 g/mol. The lowest BCUT2D eigenvalue weighted by atomic mass is 10.1. The molecule has 0 bridgehead atoms. The van der Waals surface area contributed by atoms with Crippen LogP contribution >= 0.6 is 0 Å². The molecule has 0 aliphatic heterocycles. The minimum Gasteiger partial charge on any atom is -0.492 e. The third kappa shape index (κ3) is 5.19. The van der Waals surface area contributed by atoms with Crippen molar-refractivity contribution in [2.45, 2.75) is 20.3 Å². The fourth-order valence-electron chi connectivity index (χ4n) is 2.76. The molecule has 0 saturated heterocycles. The third-order valence-corrected chi connectivity index (χ3v) is 4.31. The van der Waals surface area contributed by atoms with Crippen molar-refractivity contribution in [3.8, 4) is 5.75 Å². The Morgan fingerprint density at radius 2 is 1.69 bits per heavy atom. The van der Waals surface area contributed by atoms with Crippen LogP contribution in [0.5, 0.6) is 5.75 Å². The first-order valence-electron chi connectivity index (χ1n) is 9.50. The van der Waals surface area contributed by atoms with Gasteiger partial charge in [-0.15, -0.1) is 0 Å². The van der Waals surface area contributed by atoms with Gasteiger partial charge in [-0.2, -0.15) is 0 Å². The quantitative estimate of drug-likeness (QED) is 0.621. The monoisotopic (exact) mass is 389 g/mol. The van der Waals surface area contributed by atoms with E-state index >= 15 is 0 Å². The van der Waals surface area contributed by atoms with Gasteiger partial charge in [0, 0.05) is 17.4 Å². The van der Waals surface area contributed by atoms with E-state index in [4.69, 9.17) is 4.74 Å². The molecule has 3 aromatic rings. The summed E-state index contributed by atoms with van der Waals surface area (Å²) in [6.07, 6.45) is 2.38. The predicted octanol–water partition coefficient (Wildman–Crippen LogP) is 4.55. The van der Waals surface area contributed by atoms with Crippen LogP contribution in [0.4, 0.5) is 11.4 Å². The topological polar surface area (TPSA) is 80.3 Å². The molecular formula is C23H23N3O3. The number of benzene rings is 2. The van der Waals surface area contributed by atoms with E-state index in [0.717, 1.165) is 6.42 Å². The first kappa shape index (κ1) is 20.1. The lowest BCUT2D eigenvalue weighted by Crippen LogP contribution is -2.17. The van der Waals surface area contributed by atoms with Crippen molar-refractivity contribution in [3.63, 3.8) is 0 Å². The number of anilines is 2. The van der Waals surface area contributed by atoms with Crippen molar-refractivity contribution in [2.24, 2.45) is 0 Å². The number of pyridine rings is 1. The molecule has 2 aromatic carbocycles. The molecule has 0 fully saturated rings. The van der Waals surface area contributed by atoms with E-state index < -0.39 is 5.91 Å². The van der Waals surface area contributed by atoms with Crippen LogP contribution in [-0.2, 0) is 6.42 Å². The highest BCUT2D eigenvalue weighted by Crippen LogP contribution is 2.24. The molecule has 3 rings (SSSR count). The second-order valence-electron chi connectivity index (χ2n) is 6.32. The van der Waals surface area contributed by atoms with Crippen LogP contribution in [0.2, 0.25) is 0 Å². The minimum absolute atomic E-state index is 0.144. The van der Waals surface area contributed by atoms with Crippen molar-refractivity contribution >= 4 is 23.2 Å². The van der Waals surface area contributed by atoms with Crippen LogP contribution < -0.4 is 15.4 Å². The average molecular weight is 389 g/mol. The first-order chi connectivity index (χ1) is 14.1. The Morgan fingerprint density at radius 3 is 2.41 bits per heavy atom. The summed E-state index contributed by atoms with van der Waals surface area (Å²) in [4.78, 5) is 29.3. The lowest BCUT2D eigenvalue weighted by Gasteiger charge is -2.11. The number of nitrogens with zero attached hydrogens (tertiary/aromatic N) is 1. The molecule has 2 amide bonds. The van der Waals surface area contributed by atoms with Gasteiger partial charge in [-0.25, -0.2) is 0 Å². The Bertz CT molecular complexity index is 1000. The zero-order valence-electron chi connectivity index (χ0n) is 16.4. The van der Waals surface area contributed by atoms with E-state index in [1.807, 2.05) is 37.3 Å². The van der Waals surface area contributed by atoms with Crippen molar-refractivity contribution in [1.29, 1.82) is 0 Å². The Hall–Kier alpha value is -3.67. The summed E-state index contributed by atoms with van der Waals surface area (Å²) >= 11 is 0. The van der Waals surface area contributed by atoms with Crippen LogP contribution in [0.1, 0.15) is 40.3 Å². The molecule has 0 radical (unpaired) electrons. The Labute approximate surface area is 169 Å². The van der Waals surface area contributed by atoms with Gasteiger partial charge in [0.05, 0.1) is 12.3 Å². The van der Waals surface area contributed by atoms with E-state index in [-0.39, 0.29) is 11.6 Å². The summed E-state index contributed by atoms with van der Waals surface area (Å²) in [6.45, 7) is 4.43. The van der Waals surface area contributed by atoms with Gasteiger partial charge in [-0.3, -0.25) is 14.6 Å². The van der Waals surface area contributed by atoms with Crippen molar-refractivity contribution in [1.82, 2.24) is 4.98 Å². The van der Waals surface area contributed by atoms with Crippen LogP contribution in [0.3, 0.4) is 0 Å². The number of carbonyl (C=O) groups excluding carboxylic acids is 2.